The smallest absolute Gasteiger partial charge is 0.270 e. The van der Waals surface area contributed by atoms with Gasteiger partial charge in [-0.2, -0.15) is 4.31 Å². The minimum atomic E-state index is -4.05. The van der Waals surface area contributed by atoms with Crippen LogP contribution in [0.5, 0.6) is 0 Å². The summed E-state index contributed by atoms with van der Waals surface area (Å²) in [5.41, 5.74) is 2.09. The molecule has 0 aliphatic carbocycles. The third-order valence-corrected chi connectivity index (χ3v) is 8.99. The van der Waals surface area contributed by atoms with Gasteiger partial charge in [-0.05, 0) is 51.8 Å². The third kappa shape index (κ3) is 7.17. The van der Waals surface area contributed by atoms with Gasteiger partial charge in [-0.1, -0.05) is 36.4 Å². The molecule has 3 aromatic rings. The maximum Gasteiger partial charge on any atom is 0.270 e. The molecule has 0 saturated heterocycles. The minimum absolute atomic E-state index is 0.0699. The Labute approximate surface area is 215 Å². The van der Waals surface area contributed by atoms with Crippen LogP contribution in [0.15, 0.2) is 52.7 Å². The van der Waals surface area contributed by atoms with Crippen LogP contribution in [0.3, 0.4) is 0 Å². The number of rotatable bonds is 11. The van der Waals surface area contributed by atoms with Crippen LogP contribution in [0, 0.1) is 20.8 Å². The molecule has 1 aromatic carbocycles. The largest absolute Gasteiger partial charge is 0.392 e. The van der Waals surface area contributed by atoms with Crippen LogP contribution < -0.4 is 5.32 Å². The van der Waals surface area contributed by atoms with Crippen LogP contribution in [0.4, 0.5) is 0 Å². The average Bonchev–Trinajstić information content (AvgIpc) is 3.17. The Kier molecular flexibility index (Phi) is 9.31. The van der Waals surface area contributed by atoms with E-state index >= 15 is 0 Å². The first-order valence-electron chi connectivity index (χ1n) is 11.6. The molecule has 0 spiro atoms. The number of pyridine rings is 1. The minimum Gasteiger partial charge on any atom is -0.392 e. The topological polar surface area (TPSA) is 133 Å². The van der Waals surface area contributed by atoms with E-state index < -0.39 is 34.2 Å². The summed E-state index contributed by atoms with van der Waals surface area (Å²) in [5.74, 6) is -0.474. The van der Waals surface area contributed by atoms with E-state index in [4.69, 9.17) is 0 Å². The molecular formula is C25H32N4O5S2. The van der Waals surface area contributed by atoms with E-state index in [9.17, 15) is 23.4 Å². The fourth-order valence-electron chi connectivity index (χ4n) is 3.83. The number of nitrogens with one attached hydrogen (secondary N) is 1. The van der Waals surface area contributed by atoms with Gasteiger partial charge >= 0.3 is 0 Å². The number of hydrogen-bond acceptors (Lipinski definition) is 8. The number of nitrogens with zero attached hydrogens (tertiary/aromatic N) is 3. The molecule has 3 rings (SSSR count). The maximum atomic E-state index is 13.5. The van der Waals surface area contributed by atoms with E-state index in [-0.39, 0.29) is 29.4 Å². The molecule has 11 heteroatoms. The van der Waals surface area contributed by atoms with Crippen molar-refractivity contribution in [2.45, 2.75) is 56.6 Å². The van der Waals surface area contributed by atoms with Crippen molar-refractivity contribution in [1.29, 1.82) is 0 Å². The highest BCUT2D eigenvalue weighted by Crippen LogP contribution is 2.27. The van der Waals surface area contributed by atoms with Gasteiger partial charge in [-0.15, -0.1) is 11.3 Å². The SMILES string of the molecule is Cc1cccc(C(=O)NC(Cc2ccccc2)C(O)CN(C[C@@H](C)O)S(=O)(=O)c2sc(C)nc2C)n1. The molecule has 3 N–H and O–H groups in total. The van der Waals surface area contributed by atoms with E-state index in [2.05, 4.69) is 15.3 Å². The van der Waals surface area contributed by atoms with Crippen molar-refractivity contribution in [2.75, 3.05) is 13.1 Å². The highest BCUT2D eigenvalue weighted by molar-refractivity contribution is 7.91. The van der Waals surface area contributed by atoms with Gasteiger partial charge < -0.3 is 15.5 Å². The van der Waals surface area contributed by atoms with Gasteiger partial charge in [-0.3, -0.25) is 4.79 Å². The summed E-state index contributed by atoms with van der Waals surface area (Å²) in [7, 11) is -4.05. The summed E-state index contributed by atoms with van der Waals surface area (Å²) in [6, 6.07) is 13.5. The Morgan fingerprint density at radius 3 is 2.31 bits per heavy atom. The highest BCUT2D eigenvalue weighted by Gasteiger charge is 2.34. The highest BCUT2D eigenvalue weighted by atomic mass is 32.2. The number of carbonyl (C=O) groups is 1. The second-order valence-corrected chi connectivity index (χ2v) is 12.1. The van der Waals surface area contributed by atoms with Crippen molar-refractivity contribution in [3.8, 4) is 0 Å². The van der Waals surface area contributed by atoms with E-state index in [0.717, 1.165) is 21.2 Å². The first kappa shape index (κ1) is 27.9. The first-order valence-corrected chi connectivity index (χ1v) is 13.8. The Hall–Kier alpha value is -2.70. The summed E-state index contributed by atoms with van der Waals surface area (Å²) in [6.45, 7) is 6.03. The molecule has 36 heavy (non-hydrogen) atoms. The Bertz CT molecular complexity index is 1280. The monoisotopic (exact) mass is 532 g/mol. The van der Waals surface area contributed by atoms with Gasteiger partial charge in [-0.25, -0.2) is 18.4 Å². The number of aryl methyl sites for hydroxylation is 3. The van der Waals surface area contributed by atoms with Crippen molar-refractivity contribution in [1.82, 2.24) is 19.6 Å². The Morgan fingerprint density at radius 1 is 1.03 bits per heavy atom. The van der Waals surface area contributed by atoms with Gasteiger partial charge in [0.15, 0.2) is 4.21 Å². The van der Waals surface area contributed by atoms with Crippen molar-refractivity contribution in [2.24, 2.45) is 0 Å². The standard InChI is InChI=1S/C25H32N4O5S2/c1-16-9-8-12-21(26-16)24(32)28-22(13-20-10-6-5-7-11-20)23(31)15-29(14-17(2)30)36(33,34)25-18(3)27-19(4)35-25/h5-12,17,22-23,30-31H,13-15H2,1-4H3,(H,28,32)/t17-,22?,23?/m1/s1. The van der Waals surface area contributed by atoms with Crippen LogP contribution in [-0.4, -0.2) is 70.2 Å². The number of benzene rings is 1. The van der Waals surface area contributed by atoms with E-state index in [0.29, 0.717) is 16.4 Å². The lowest BCUT2D eigenvalue weighted by Gasteiger charge is -2.30. The molecule has 0 bridgehead atoms. The summed E-state index contributed by atoms with van der Waals surface area (Å²) in [5, 5.41) is 24.7. The lowest BCUT2D eigenvalue weighted by molar-refractivity contribution is 0.0728. The molecular weight excluding hydrogens is 500 g/mol. The van der Waals surface area contributed by atoms with Crippen molar-refractivity contribution < 1.29 is 23.4 Å². The van der Waals surface area contributed by atoms with Crippen LogP contribution >= 0.6 is 11.3 Å². The average molecular weight is 533 g/mol. The van der Waals surface area contributed by atoms with Gasteiger partial charge in [0.25, 0.3) is 15.9 Å². The zero-order valence-electron chi connectivity index (χ0n) is 20.7. The fraction of sp³-hybridized carbons (Fsp3) is 0.400. The molecule has 0 fully saturated rings. The van der Waals surface area contributed by atoms with Crippen LogP contribution in [0.2, 0.25) is 0 Å². The normalized spacial score (nSPS) is 14.4. The third-order valence-electron chi connectivity index (χ3n) is 5.49. The second-order valence-electron chi connectivity index (χ2n) is 8.78. The van der Waals surface area contributed by atoms with E-state index in [1.54, 1.807) is 39.0 Å². The van der Waals surface area contributed by atoms with Crippen molar-refractivity contribution >= 4 is 27.3 Å². The summed E-state index contributed by atoms with van der Waals surface area (Å²) >= 11 is 1.04. The second kappa shape index (κ2) is 12.0. The molecule has 0 radical (unpaired) electrons. The number of thiazole rings is 1. The van der Waals surface area contributed by atoms with Crippen LogP contribution in [-0.2, 0) is 16.4 Å². The van der Waals surface area contributed by atoms with Crippen molar-refractivity contribution in [3.05, 3.63) is 76.2 Å². The van der Waals surface area contributed by atoms with Gasteiger partial charge in [0.1, 0.15) is 5.69 Å². The molecule has 9 nitrogen and oxygen atoms in total. The van der Waals surface area contributed by atoms with Crippen molar-refractivity contribution in [3.63, 3.8) is 0 Å². The molecule has 0 aliphatic heterocycles. The number of amides is 1. The summed E-state index contributed by atoms with van der Waals surface area (Å²) in [4.78, 5) is 21.4. The molecule has 2 heterocycles. The summed E-state index contributed by atoms with van der Waals surface area (Å²) < 4.78 is 28.1. The number of carbonyl (C=O) groups excluding carboxylic acids is 1. The number of aliphatic hydroxyl groups excluding tert-OH is 2. The van der Waals surface area contributed by atoms with E-state index in [1.807, 2.05) is 30.3 Å². The number of sulfonamides is 1. The predicted octanol–water partition coefficient (Wildman–Crippen LogP) is 2.24. The number of hydrogen-bond donors (Lipinski definition) is 3. The molecule has 0 aliphatic rings. The molecule has 194 valence electrons. The Morgan fingerprint density at radius 2 is 1.72 bits per heavy atom. The zero-order valence-corrected chi connectivity index (χ0v) is 22.4. The molecule has 2 aromatic heterocycles. The van der Waals surface area contributed by atoms with Gasteiger partial charge in [0.2, 0.25) is 0 Å². The van der Waals surface area contributed by atoms with Crippen LogP contribution in [0.25, 0.3) is 0 Å². The molecule has 3 atom stereocenters. The van der Waals surface area contributed by atoms with Crippen LogP contribution in [0.1, 0.15) is 39.4 Å². The fourth-order valence-corrected chi connectivity index (χ4v) is 6.99. The first-order chi connectivity index (χ1) is 17.0. The lowest BCUT2D eigenvalue weighted by Crippen LogP contribution is -2.51. The van der Waals surface area contributed by atoms with E-state index in [1.165, 1.54) is 6.92 Å². The lowest BCUT2D eigenvalue weighted by atomic mass is 10.0. The molecule has 2 unspecified atom stereocenters. The number of aliphatic hydroxyl groups is 2. The molecule has 0 saturated carbocycles. The zero-order chi connectivity index (χ0) is 26.5. The number of aromatic nitrogens is 2. The quantitative estimate of drug-likeness (QED) is 0.345. The summed E-state index contributed by atoms with van der Waals surface area (Å²) in [6.07, 6.45) is -1.98. The Balaban J connectivity index is 1.90. The maximum absolute atomic E-state index is 13.5. The predicted molar refractivity (Wildman–Crippen MR) is 138 cm³/mol. The molecule has 1 amide bonds. The van der Waals surface area contributed by atoms with Gasteiger partial charge in [0, 0.05) is 18.8 Å². The van der Waals surface area contributed by atoms with Gasteiger partial charge in [0.05, 0.1) is 29.0 Å².